The van der Waals surface area contributed by atoms with Gasteiger partial charge in [-0.2, -0.15) is 0 Å². The molecule has 6 aromatic rings. The highest BCUT2D eigenvalue weighted by molar-refractivity contribution is 5.83. The van der Waals surface area contributed by atoms with Crippen LogP contribution in [0.5, 0.6) is 5.75 Å². The molecular weight excluding hydrogens is 687 g/mol. The summed E-state index contributed by atoms with van der Waals surface area (Å²) >= 11 is 0. The van der Waals surface area contributed by atoms with Crippen LogP contribution in [-0.4, -0.2) is 55.1 Å². The van der Waals surface area contributed by atoms with E-state index in [0.717, 1.165) is 45.2 Å². The second-order valence-electron chi connectivity index (χ2n) is 15.3. The number of nitrogens with zero attached hydrogens (tertiary/aromatic N) is 1. The van der Waals surface area contributed by atoms with E-state index in [1.54, 1.807) is 4.90 Å². The van der Waals surface area contributed by atoms with Gasteiger partial charge in [0.2, 0.25) is 0 Å². The smallest absolute Gasteiger partial charge is 0.410 e. The van der Waals surface area contributed by atoms with Gasteiger partial charge in [-0.1, -0.05) is 115 Å². The standard InChI is InChI=1S/C48H51NO6/c1-48(2,3)55-47(50)49-30-44(53-33-36-18-20-38-14-7-9-16-41(38)28-36)46(45(31-49)54-34-37-19-21-39-15-8-10-17-42(39)29-37)40-22-24-43(25-23-40)52-27-11-26-51-32-35-12-5-4-6-13-35/h4-10,12-25,28-29,44-46H,11,26-27,30-34H2,1-3H3. The quantitative estimate of drug-likeness (QED) is 0.104. The molecule has 55 heavy (non-hydrogen) atoms. The first-order valence-electron chi connectivity index (χ1n) is 19.3. The van der Waals surface area contributed by atoms with Crippen LogP contribution in [0, 0.1) is 0 Å². The third-order valence-electron chi connectivity index (χ3n) is 9.89. The predicted molar refractivity (Wildman–Crippen MR) is 218 cm³/mol. The number of ether oxygens (including phenoxy) is 5. The Bertz CT molecular complexity index is 2050. The van der Waals surface area contributed by atoms with Crippen LogP contribution in [-0.2, 0) is 38.8 Å². The number of hydrogen-bond donors (Lipinski definition) is 0. The monoisotopic (exact) mass is 737 g/mol. The van der Waals surface area contributed by atoms with Crippen LogP contribution in [0.2, 0.25) is 0 Å². The van der Waals surface area contributed by atoms with E-state index in [2.05, 4.69) is 84.9 Å². The van der Waals surface area contributed by atoms with Crippen LogP contribution in [0.1, 0.15) is 55.4 Å². The molecule has 7 nitrogen and oxygen atoms in total. The molecule has 1 heterocycles. The Kier molecular flexibility index (Phi) is 12.4. The fourth-order valence-corrected chi connectivity index (χ4v) is 7.16. The highest BCUT2D eigenvalue weighted by Crippen LogP contribution is 2.36. The summed E-state index contributed by atoms with van der Waals surface area (Å²) in [4.78, 5) is 15.4. The van der Waals surface area contributed by atoms with Gasteiger partial charge >= 0.3 is 6.09 Å². The Balaban J connectivity index is 1.10. The molecule has 1 aliphatic rings. The molecule has 2 atom stereocenters. The molecular formula is C48H51NO6. The van der Waals surface area contributed by atoms with Gasteiger partial charge in [0.05, 0.1) is 58.3 Å². The van der Waals surface area contributed by atoms with E-state index in [0.29, 0.717) is 46.1 Å². The molecule has 0 aromatic heterocycles. The van der Waals surface area contributed by atoms with Crippen molar-refractivity contribution in [2.24, 2.45) is 0 Å². The molecule has 6 aromatic carbocycles. The van der Waals surface area contributed by atoms with E-state index >= 15 is 0 Å². The first-order chi connectivity index (χ1) is 26.8. The highest BCUT2D eigenvalue weighted by atomic mass is 16.6. The molecule has 1 aliphatic heterocycles. The fraction of sp³-hybridized carbons (Fsp3) is 0.312. The second-order valence-corrected chi connectivity index (χ2v) is 15.3. The number of likely N-dealkylation sites (tertiary alicyclic amines) is 1. The second kappa shape index (κ2) is 17.9. The number of carbonyl (C=O) groups is 1. The molecule has 2 unspecified atom stereocenters. The molecule has 1 fully saturated rings. The van der Waals surface area contributed by atoms with E-state index < -0.39 is 5.60 Å². The molecule has 0 N–H and O–H groups in total. The van der Waals surface area contributed by atoms with E-state index in [1.807, 2.05) is 75.4 Å². The average molecular weight is 738 g/mol. The third kappa shape index (κ3) is 10.5. The normalized spacial score (nSPS) is 17.4. The lowest BCUT2D eigenvalue weighted by Crippen LogP contribution is -2.55. The minimum atomic E-state index is -0.638. The number of fused-ring (bicyclic) bond motifs is 2. The van der Waals surface area contributed by atoms with Crippen LogP contribution in [0.4, 0.5) is 4.79 Å². The summed E-state index contributed by atoms with van der Waals surface area (Å²) in [6.45, 7) is 8.94. The van der Waals surface area contributed by atoms with Crippen molar-refractivity contribution in [3.8, 4) is 5.75 Å². The van der Waals surface area contributed by atoms with Gasteiger partial charge in [0.15, 0.2) is 0 Å². The molecule has 0 bridgehead atoms. The Morgan fingerprint density at radius 3 is 1.71 bits per heavy atom. The van der Waals surface area contributed by atoms with Crippen molar-refractivity contribution < 1.29 is 28.5 Å². The maximum atomic E-state index is 13.6. The lowest BCUT2D eigenvalue weighted by Gasteiger charge is -2.43. The summed E-state index contributed by atoms with van der Waals surface area (Å²) in [6.07, 6.45) is -0.334. The van der Waals surface area contributed by atoms with Crippen LogP contribution in [0.25, 0.3) is 21.5 Å². The van der Waals surface area contributed by atoms with Crippen molar-refractivity contribution in [1.29, 1.82) is 0 Å². The minimum absolute atomic E-state index is 0.167. The first kappa shape index (κ1) is 38.1. The van der Waals surface area contributed by atoms with Gasteiger partial charge in [-0.25, -0.2) is 4.79 Å². The van der Waals surface area contributed by atoms with Gasteiger partial charge in [-0.3, -0.25) is 0 Å². The Morgan fingerprint density at radius 1 is 0.600 bits per heavy atom. The zero-order valence-electron chi connectivity index (χ0n) is 32.1. The number of hydrogen-bond acceptors (Lipinski definition) is 6. The minimum Gasteiger partial charge on any atom is -0.494 e. The topological polar surface area (TPSA) is 66.5 Å². The highest BCUT2D eigenvalue weighted by Gasteiger charge is 2.42. The summed E-state index contributed by atoms with van der Waals surface area (Å²) in [5.41, 5.74) is 3.72. The van der Waals surface area contributed by atoms with E-state index in [9.17, 15) is 4.79 Å². The average Bonchev–Trinajstić information content (AvgIpc) is 3.20. The van der Waals surface area contributed by atoms with Crippen molar-refractivity contribution >= 4 is 27.6 Å². The van der Waals surface area contributed by atoms with Gasteiger partial charge in [0.1, 0.15) is 11.4 Å². The number of carbonyl (C=O) groups excluding carboxylic acids is 1. The molecule has 284 valence electrons. The third-order valence-corrected chi connectivity index (χ3v) is 9.89. The Hall–Kier alpha value is -5.21. The Labute approximate surface area is 324 Å². The van der Waals surface area contributed by atoms with E-state index in [1.165, 1.54) is 10.8 Å². The van der Waals surface area contributed by atoms with Crippen LogP contribution in [0.3, 0.4) is 0 Å². The van der Waals surface area contributed by atoms with Crippen LogP contribution >= 0.6 is 0 Å². The zero-order chi connectivity index (χ0) is 38.0. The largest absolute Gasteiger partial charge is 0.494 e. The number of rotatable bonds is 14. The van der Waals surface area contributed by atoms with Crippen molar-refractivity contribution in [3.05, 3.63) is 162 Å². The molecule has 7 rings (SSSR count). The van der Waals surface area contributed by atoms with Crippen molar-refractivity contribution in [2.45, 2.75) is 70.7 Å². The maximum Gasteiger partial charge on any atom is 0.410 e. The number of amides is 1. The van der Waals surface area contributed by atoms with Crippen LogP contribution < -0.4 is 4.74 Å². The Morgan fingerprint density at radius 2 is 1.15 bits per heavy atom. The SMILES string of the molecule is CC(C)(C)OC(=O)N1CC(OCc2ccc3ccccc3c2)C(c2ccc(OCCCOCc3ccccc3)cc2)C(OCc2ccc3ccccc3c2)C1. The summed E-state index contributed by atoms with van der Waals surface area (Å²) in [6, 6.07) is 47.9. The molecule has 0 aliphatic carbocycles. The molecule has 1 saturated heterocycles. The summed E-state index contributed by atoms with van der Waals surface area (Å²) in [5.74, 6) is 0.625. The van der Waals surface area contributed by atoms with E-state index in [4.69, 9.17) is 23.7 Å². The molecule has 1 amide bonds. The fourth-order valence-electron chi connectivity index (χ4n) is 7.16. The predicted octanol–water partition coefficient (Wildman–Crippen LogP) is 10.5. The molecule has 0 saturated carbocycles. The summed E-state index contributed by atoms with van der Waals surface area (Å²) < 4.78 is 31.5. The van der Waals surface area contributed by atoms with Crippen molar-refractivity contribution in [3.63, 3.8) is 0 Å². The van der Waals surface area contributed by atoms with Gasteiger partial charge < -0.3 is 28.6 Å². The van der Waals surface area contributed by atoms with Crippen molar-refractivity contribution in [2.75, 3.05) is 26.3 Å². The van der Waals surface area contributed by atoms with Gasteiger partial charge in [-0.05, 0) is 88.8 Å². The van der Waals surface area contributed by atoms with Gasteiger partial charge in [0.25, 0.3) is 0 Å². The molecule has 0 spiro atoms. The van der Waals surface area contributed by atoms with Crippen LogP contribution in [0.15, 0.2) is 140 Å². The molecule has 7 heteroatoms. The lowest BCUT2D eigenvalue weighted by molar-refractivity contribution is -0.1000. The van der Waals surface area contributed by atoms with Crippen molar-refractivity contribution in [1.82, 2.24) is 4.90 Å². The molecule has 0 radical (unpaired) electrons. The van der Waals surface area contributed by atoms with E-state index in [-0.39, 0.29) is 24.2 Å². The van der Waals surface area contributed by atoms with Gasteiger partial charge in [0, 0.05) is 12.3 Å². The maximum absolute atomic E-state index is 13.6. The lowest BCUT2D eigenvalue weighted by atomic mass is 9.84. The number of benzene rings is 6. The summed E-state index contributed by atoms with van der Waals surface area (Å²) in [5, 5.41) is 4.69. The summed E-state index contributed by atoms with van der Waals surface area (Å²) in [7, 11) is 0. The first-order valence-corrected chi connectivity index (χ1v) is 19.3. The zero-order valence-corrected chi connectivity index (χ0v) is 32.1. The number of piperidine rings is 1. The van der Waals surface area contributed by atoms with Gasteiger partial charge in [-0.15, -0.1) is 0 Å².